The van der Waals surface area contributed by atoms with E-state index in [1.807, 2.05) is 0 Å². The van der Waals surface area contributed by atoms with Gasteiger partial charge in [-0.25, -0.2) is 0 Å². The van der Waals surface area contributed by atoms with Gasteiger partial charge < -0.3 is 15.1 Å². The summed E-state index contributed by atoms with van der Waals surface area (Å²) in [6.45, 7) is 24.6. The Kier molecular flexibility index (Phi) is 15.2. The molecule has 0 atom stereocenters. The monoisotopic (exact) mass is 464 g/mol. The van der Waals surface area contributed by atoms with E-state index in [2.05, 4.69) is 54.6 Å². The lowest BCUT2D eigenvalue weighted by molar-refractivity contribution is 0.0920. The molecular weight excluding hydrogens is 404 g/mol. The summed E-state index contributed by atoms with van der Waals surface area (Å²) in [5, 5.41) is 3.45. The SMILES string of the molecule is CC(C)N1CCN(CC2CCNCC2)CC1.CCCCCCCCN1CCC(C(C)C)CC1. The van der Waals surface area contributed by atoms with Gasteiger partial charge in [0.2, 0.25) is 0 Å². The predicted molar refractivity (Wildman–Crippen MR) is 146 cm³/mol. The van der Waals surface area contributed by atoms with Crippen molar-refractivity contribution in [2.24, 2.45) is 17.8 Å². The molecular formula is C29H60N4. The first-order valence-corrected chi connectivity index (χ1v) is 14.9. The van der Waals surface area contributed by atoms with Crippen molar-refractivity contribution in [1.82, 2.24) is 20.0 Å². The first kappa shape index (κ1) is 29.1. The van der Waals surface area contributed by atoms with Crippen LogP contribution in [0.4, 0.5) is 0 Å². The Morgan fingerprint density at radius 3 is 1.88 bits per heavy atom. The molecule has 0 bridgehead atoms. The summed E-state index contributed by atoms with van der Waals surface area (Å²) in [4.78, 5) is 7.96. The van der Waals surface area contributed by atoms with Crippen LogP contribution in [0.15, 0.2) is 0 Å². The zero-order valence-corrected chi connectivity index (χ0v) is 23.3. The Labute approximate surface area is 208 Å². The number of rotatable bonds is 11. The number of nitrogens with one attached hydrogen (secondary N) is 1. The molecule has 3 heterocycles. The van der Waals surface area contributed by atoms with Crippen LogP contribution in [0.3, 0.4) is 0 Å². The van der Waals surface area contributed by atoms with Gasteiger partial charge in [-0.1, -0.05) is 52.9 Å². The van der Waals surface area contributed by atoms with Crippen LogP contribution in [0.1, 0.15) is 98.8 Å². The summed E-state index contributed by atoms with van der Waals surface area (Å²) in [7, 11) is 0. The Hall–Kier alpha value is -0.160. The molecule has 3 fully saturated rings. The summed E-state index contributed by atoms with van der Waals surface area (Å²) in [6, 6.07) is 0.723. The number of likely N-dealkylation sites (tertiary alicyclic amines) is 1. The van der Waals surface area contributed by atoms with Crippen LogP contribution >= 0.6 is 0 Å². The number of piperazine rings is 1. The van der Waals surface area contributed by atoms with E-state index in [9.17, 15) is 0 Å². The molecule has 4 heteroatoms. The van der Waals surface area contributed by atoms with Crippen molar-refractivity contribution in [2.45, 2.75) is 105 Å². The minimum atomic E-state index is 0.723. The molecule has 3 aliphatic heterocycles. The molecule has 0 spiro atoms. The van der Waals surface area contributed by atoms with E-state index in [1.165, 1.54) is 130 Å². The summed E-state index contributed by atoms with van der Waals surface area (Å²) in [6.07, 6.45) is 14.2. The Bertz CT molecular complexity index is 445. The van der Waals surface area contributed by atoms with Crippen molar-refractivity contribution >= 4 is 0 Å². The quantitative estimate of drug-likeness (QED) is 0.394. The summed E-state index contributed by atoms with van der Waals surface area (Å²) in [5.41, 5.74) is 0. The van der Waals surface area contributed by atoms with Crippen LogP contribution in [-0.2, 0) is 0 Å². The zero-order chi connectivity index (χ0) is 23.9. The van der Waals surface area contributed by atoms with Crippen molar-refractivity contribution in [3.05, 3.63) is 0 Å². The van der Waals surface area contributed by atoms with Gasteiger partial charge >= 0.3 is 0 Å². The lowest BCUT2D eigenvalue weighted by atomic mass is 9.87. The average molecular weight is 465 g/mol. The molecule has 0 aliphatic carbocycles. The molecule has 0 amide bonds. The second-order valence-corrected chi connectivity index (χ2v) is 11.8. The number of piperidine rings is 2. The summed E-state index contributed by atoms with van der Waals surface area (Å²) in [5.74, 6) is 2.84. The topological polar surface area (TPSA) is 21.8 Å². The lowest BCUT2D eigenvalue weighted by Gasteiger charge is -2.39. The molecule has 0 radical (unpaired) electrons. The van der Waals surface area contributed by atoms with E-state index in [0.29, 0.717) is 0 Å². The maximum Gasteiger partial charge on any atom is 0.0113 e. The number of nitrogens with zero attached hydrogens (tertiary/aromatic N) is 3. The third-order valence-corrected chi connectivity index (χ3v) is 8.52. The van der Waals surface area contributed by atoms with Gasteiger partial charge in [-0.05, 0) is 96.4 Å². The van der Waals surface area contributed by atoms with E-state index in [1.54, 1.807) is 0 Å². The maximum absolute atomic E-state index is 3.45. The molecule has 0 aromatic rings. The van der Waals surface area contributed by atoms with Crippen molar-refractivity contribution in [3.8, 4) is 0 Å². The first-order chi connectivity index (χ1) is 16.0. The maximum atomic E-state index is 3.45. The molecule has 0 unspecified atom stereocenters. The minimum absolute atomic E-state index is 0.723. The fourth-order valence-corrected chi connectivity index (χ4v) is 5.85. The molecule has 0 aromatic carbocycles. The first-order valence-electron chi connectivity index (χ1n) is 14.9. The number of hydrogen-bond donors (Lipinski definition) is 1. The smallest absolute Gasteiger partial charge is 0.0113 e. The van der Waals surface area contributed by atoms with Gasteiger partial charge in [0.05, 0.1) is 0 Å². The molecule has 0 aromatic heterocycles. The standard InChI is InChI=1S/C16H33N.C13H27N3/c1-4-5-6-7-8-9-12-17-13-10-16(11-14-17)15(2)3;1-12(2)16-9-7-15(8-10-16)11-13-3-5-14-6-4-13/h15-16H,4-14H2,1-3H3;12-14H,3-11H2,1-2H3. The van der Waals surface area contributed by atoms with E-state index in [0.717, 1.165) is 23.8 Å². The third kappa shape index (κ3) is 12.4. The Morgan fingerprint density at radius 1 is 0.697 bits per heavy atom. The average Bonchev–Trinajstić information content (AvgIpc) is 2.83. The highest BCUT2D eigenvalue weighted by molar-refractivity contribution is 4.78. The second-order valence-electron chi connectivity index (χ2n) is 11.8. The van der Waals surface area contributed by atoms with Crippen LogP contribution in [0.25, 0.3) is 0 Å². The summed E-state index contributed by atoms with van der Waals surface area (Å²) < 4.78 is 0. The van der Waals surface area contributed by atoms with E-state index < -0.39 is 0 Å². The van der Waals surface area contributed by atoms with Crippen LogP contribution in [0, 0.1) is 17.8 Å². The third-order valence-electron chi connectivity index (χ3n) is 8.52. The Morgan fingerprint density at radius 2 is 1.30 bits per heavy atom. The van der Waals surface area contributed by atoms with Crippen molar-refractivity contribution in [2.75, 3.05) is 65.4 Å². The van der Waals surface area contributed by atoms with E-state index in [-0.39, 0.29) is 0 Å². The minimum Gasteiger partial charge on any atom is -0.317 e. The van der Waals surface area contributed by atoms with E-state index >= 15 is 0 Å². The molecule has 4 nitrogen and oxygen atoms in total. The fourth-order valence-electron chi connectivity index (χ4n) is 5.85. The fraction of sp³-hybridized carbons (Fsp3) is 1.00. The summed E-state index contributed by atoms with van der Waals surface area (Å²) >= 11 is 0. The van der Waals surface area contributed by atoms with Crippen LogP contribution in [-0.4, -0.2) is 86.2 Å². The second kappa shape index (κ2) is 17.3. The Balaban J connectivity index is 0.000000234. The normalized spacial score (nSPS) is 22.6. The molecule has 3 rings (SSSR count). The highest BCUT2D eigenvalue weighted by Gasteiger charge is 2.22. The highest BCUT2D eigenvalue weighted by atomic mass is 15.3. The van der Waals surface area contributed by atoms with Crippen LogP contribution < -0.4 is 5.32 Å². The predicted octanol–water partition coefficient (Wildman–Crippen LogP) is 5.73. The van der Waals surface area contributed by atoms with Gasteiger partial charge in [0.15, 0.2) is 0 Å². The van der Waals surface area contributed by atoms with Gasteiger partial charge in [-0.2, -0.15) is 0 Å². The van der Waals surface area contributed by atoms with Gasteiger partial charge in [-0.3, -0.25) is 4.90 Å². The molecule has 0 saturated carbocycles. The molecule has 3 saturated heterocycles. The van der Waals surface area contributed by atoms with Gasteiger partial charge in [-0.15, -0.1) is 0 Å². The molecule has 196 valence electrons. The van der Waals surface area contributed by atoms with Crippen molar-refractivity contribution < 1.29 is 0 Å². The zero-order valence-electron chi connectivity index (χ0n) is 23.3. The van der Waals surface area contributed by atoms with Gasteiger partial charge in [0.25, 0.3) is 0 Å². The number of unbranched alkanes of at least 4 members (excludes halogenated alkanes) is 5. The van der Waals surface area contributed by atoms with Gasteiger partial charge in [0.1, 0.15) is 0 Å². The van der Waals surface area contributed by atoms with Crippen LogP contribution in [0.2, 0.25) is 0 Å². The number of hydrogen-bond acceptors (Lipinski definition) is 4. The van der Waals surface area contributed by atoms with Crippen molar-refractivity contribution in [1.29, 1.82) is 0 Å². The van der Waals surface area contributed by atoms with Crippen molar-refractivity contribution in [3.63, 3.8) is 0 Å². The molecule has 1 N–H and O–H groups in total. The molecule has 3 aliphatic rings. The highest BCUT2D eigenvalue weighted by Crippen LogP contribution is 2.24. The van der Waals surface area contributed by atoms with Gasteiger partial charge in [0, 0.05) is 38.8 Å². The van der Waals surface area contributed by atoms with Crippen LogP contribution in [0.5, 0.6) is 0 Å². The molecule has 33 heavy (non-hydrogen) atoms. The largest absolute Gasteiger partial charge is 0.317 e. The lowest BCUT2D eigenvalue weighted by Crippen LogP contribution is -2.50. The van der Waals surface area contributed by atoms with E-state index in [4.69, 9.17) is 0 Å².